The molecular weight excluding hydrogens is 198 g/mol. The molecule has 0 amide bonds. The zero-order chi connectivity index (χ0) is 11.8. The lowest BCUT2D eigenvalue weighted by atomic mass is 9.98. The first-order valence-electron chi connectivity index (χ1n) is 6.63. The number of likely N-dealkylation sites (tertiary alicyclic amines) is 1. The predicted octanol–water partition coefficient (Wildman–Crippen LogP) is 1.15. The molecule has 2 fully saturated rings. The van der Waals surface area contributed by atoms with Crippen molar-refractivity contribution in [2.75, 3.05) is 33.7 Å². The molecule has 0 radical (unpaired) electrons. The molecule has 1 N–H and O–H groups in total. The van der Waals surface area contributed by atoms with Gasteiger partial charge < -0.3 is 10.2 Å². The van der Waals surface area contributed by atoms with Crippen molar-refractivity contribution >= 4 is 0 Å². The van der Waals surface area contributed by atoms with Crippen LogP contribution in [0.2, 0.25) is 0 Å². The first-order valence-corrected chi connectivity index (χ1v) is 6.63. The fourth-order valence-electron chi connectivity index (χ4n) is 3.19. The molecule has 94 valence electrons. The van der Waals surface area contributed by atoms with Gasteiger partial charge in [0.1, 0.15) is 0 Å². The van der Waals surface area contributed by atoms with Crippen LogP contribution in [0.25, 0.3) is 0 Å². The first kappa shape index (κ1) is 12.3. The summed E-state index contributed by atoms with van der Waals surface area (Å²) in [6, 6.07) is 1.49. The second kappa shape index (κ2) is 4.63. The molecule has 3 nitrogen and oxygen atoms in total. The van der Waals surface area contributed by atoms with Gasteiger partial charge in [0.05, 0.1) is 0 Å². The van der Waals surface area contributed by atoms with Crippen LogP contribution in [-0.4, -0.2) is 61.2 Å². The molecule has 0 aromatic carbocycles. The van der Waals surface area contributed by atoms with Gasteiger partial charge in [0.2, 0.25) is 0 Å². The fourth-order valence-corrected chi connectivity index (χ4v) is 3.19. The van der Waals surface area contributed by atoms with Crippen molar-refractivity contribution in [2.45, 2.75) is 50.7 Å². The van der Waals surface area contributed by atoms with Crippen LogP contribution >= 0.6 is 0 Å². The summed E-state index contributed by atoms with van der Waals surface area (Å²) < 4.78 is 0. The van der Waals surface area contributed by atoms with Gasteiger partial charge in [-0.05, 0) is 53.8 Å². The normalized spacial score (nSPS) is 35.8. The van der Waals surface area contributed by atoms with E-state index in [0.717, 1.165) is 18.6 Å². The summed E-state index contributed by atoms with van der Waals surface area (Å²) in [5.41, 5.74) is 0.333. The molecule has 2 rings (SSSR count). The number of nitrogens with zero attached hydrogens (tertiary/aromatic N) is 2. The van der Waals surface area contributed by atoms with Crippen molar-refractivity contribution in [2.24, 2.45) is 0 Å². The monoisotopic (exact) mass is 225 g/mol. The van der Waals surface area contributed by atoms with Crippen LogP contribution in [0.5, 0.6) is 0 Å². The highest BCUT2D eigenvalue weighted by molar-refractivity contribution is 4.95. The molecule has 2 unspecified atom stereocenters. The zero-order valence-electron chi connectivity index (χ0n) is 11.3. The molecule has 2 aliphatic rings. The lowest BCUT2D eigenvalue weighted by Gasteiger charge is -2.39. The number of hydrogen-bond acceptors (Lipinski definition) is 3. The third-order valence-corrected chi connectivity index (χ3v) is 4.31. The van der Waals surface area contributed by atoms with Crippen molar-refractivity contribution in [1.82, 2.24) is 15.1 Å². The summed E-state index contributed by atoms with van der Waals surface area (Å²) in [5, 5.41) is 3.62. The van der Waals surface area contributed by atoms with Crippen molar-refractivity contribution in [3.8, 4) is 0 Å². The van der Waals surface area contributed by atoms with Crippen molar-refractivity contribution < 1.29 is 0 Å². The zero-order valence-corrected chi connectivity index (χ0v) is 11.3. The Kier molecular flexibility index (Phi) is 3.57. The van der Waals surface area contributed by atoms with Crippen LogP contribution in [0.4, 0.5) is 0 Å². The Morgan fingerprint density at radius 1 is 1.31 bits per heavy atom. The molecule has 0 aromatic heterocycles. The second-order valence-corrected chi connectivity index (χ2v) is 6.35. The topological polar surface area (TPSA) is 18.5 Å². The minimum Gasteiger partial charge on any atom is -0.310 e. The third kappa shape index (κ3) is 2.76. The Hall–Kier alpha value is -0.120. The minimum absolute atomic E-state index is 0.333. The average Bonchev–Trinajstić information content (AvgIpc) is 2.58. The smallest absolute Gasteiger partial charge is 0.0238 e. The largest absolute Gasteiger partial charge is 0.310 e. The van der Waals surface area contributed by atoms with Crippen LogP contribution in [0.15, 0.2) is 0 Å². The van der Waals surface area contributed by atoms with Crippen LogP contribution in [-0.2, 0) is 0 Å². The van der Waals surface area contributed by atoms with Gasteiger partial charge in [0.25, 0.3) is 0 Å². The van der Waals surface area contributed by atoms with Gasteiger partial charge in [-0.15, -0.1) is 0 Å². The molecule has 2 saturated heterocycles. The maximum atomic E-state index is 3.62. The SMILES string of the molecule is CN1CCCC(N(C)C2CNC(C)(C)C2)C1. The molecule has 3 heteroatoms. The lowest BCUT2D eigenvalue weighted by Crippen LogP contribution is -2.49. The molecule has 16 heavy (non-hydrogen) atoms. The Bertz CT molecular complexity index is 237. The number of nitrogens with one attached hydrogen (secondary N) is 1. The molecule has 2 heterocycles. The summed E-state index contributed by atoms with van der Waals surface area (Å²) >= 11 is 0. The van der Waals surface area contributed by atoms with Gasteiger partial charge in [-0.1, -0.05) is 0 Å². The maximum Gasteiger partial charge on any atom is 0.0238 e. The van der Waals surface area contributed by atoms with Crippen molar-refractivity contribution in [3.63, 3.8) is 0 Å². The molecule has 2 aliphatic heterocycles. The van der Waals surface area contributed by atoms with E-state index in [0.29, 0.717) is 5.54 Å². The predicted molar refractivity (Wildman–Crippen MR) is 68.8 cm³/mol. The van der Waals surface area contributed by atoms with Crippen LogP contribution in [0.3, 0.4) is 0 Å². The molecule has 0 bridgehead atoms. The van der Waals surface area contributed by atoms with E-state index >= 15 is 0 Å². The quantitative estimate of drug-likeness (QED) is 0.760. The Balaban J connectivity index is 1.89. The number of piperidine rings is 1. The van der Waals surface area contributed by atoms with E-state index < -0.39 is 0 Å². The number of likely N-dealkylation sites (N-methyl/N-ethyl adjacent to an activating group) is 2. The Morgan fingerprint density at radius 2 is 2.06 bits per heavy atom. The fraction of sp³-hybridized carbons (Fsp3) is 1.00. The summed E-state index contributed by atoms with van der Waals surface area (Å²) in [4.78, 5) is 5.09. The first-order chi connectivity index (χ1) is 7.48. The summed E-state index contributed by atoms with van der Waals surface area (Å²) in [5.74, 6) is 0. The van der Waals surface area contributed by atoms with Crippen molar-refractivity contribution in [3.05, 3.63) is 0 Å². The van der Waals surface area contributed by atoms with Gasteiger partial charge in [-0.3, -0.25) is 4.90 Å². The van der Waals surface area contributed by atoms with Crippen molar-refractivity contribution in [1.29, 1.82) is 0 Å². The lowest BCUT2D eigenvalue weighted by molar-refractivity contribution is 0.103. The van der Waals surface area contributed by atoms with E-state index in [2.05, 4.69) is 43.1 Å². The van der Waals surface area contributed by atoms with Gasteiger partial charge in [-0.2, -0.15) is 0 Å². The van der Waals surface area contributed by atoms with Gasteiger partial charge >= 0.3 is 0 Å². The van der Waals surface area contributed by atoms with E-state index in [9.17, 15) is 0 Å². The molecule has 0 spiro atoms. The molecular formula is C13H27N3. The number of hydrogen-bond donors (Lipinski definition) is 1. The van der Waals surface area contributed by atoms with Gasteiger partial charge in [0.15, 0.2) is 0 Å². The average molecular weight is 225 g/mol. The van der Waals surface area contributed by atoms with E-state index in [-0.39, 0.29) is 0 Å². The van der Waals surface area contributed by atoms with Gasteiger partial charge in [-0.25, -0.2) is 0 Å². The van der Waals surface area contributed by atoms with Gasteiger partial charge in [0, 0.05) is 30.7 Å². The van der Waals surface area contributed by atoms with E-state index in [1.807, 2.05) is 0 Å². The van der Waals surface area contributed by atoms with E-state index in [1.165, 1.54) is 32.4 Å². The standard InChI is InChI=1S/C13H27N3/c1-13(2)8-12(9-14-13)16(4)11-6-5-7-15(3)10-11/h11-12,14H,5-10H2,1-4H3. The Morgan fingerprint density at radius 3 is 2.62 bits per heavy atom. The van der Waals surface area contributed by atoms with E-state index in [4.69, 9.17) is 0 Å². The van der Waals surface area contributed by atoms with Crippen LogP contribution < -0.4 is 5.32 Å². The highest BCUT2D eigenvalue weighted by atomic mass is 15.3. The summed E-state index contributed by atoms with van der Waals surface area (Å²) in [6.45, 7) is 8.30. The van der Waals surface area contributed by atoms with Crippen LogP contribution in [0, 0.1) is 0 Å². The second-order valence-electron chi connectivity index (χ2n) is 6.35. The minimum atomic E-state index is 0.333. The highest BCUT2D eigenvalue weighted by Crippen LogP contribution is 2.25. The third-order valence-electron chi connectivity index (χ3n) is 4.31. The van der Waals surface area contributed by atoms with Crippen LogP contribution in [0.1, 0.15) is 33.1 Å². The molecule has 0 aliphatic carbocycles. The number of rotatable bonds is 2. The highest BCUT2D eigenvalue weighted by Gasteiger charge is 2.35. The summed E-state index contributed by atoms with van der Waals surface area (Å²) in [6.07, 6.45) is 4.01. The Labute approximate surface area is 100 Å². The summed E-state index contributed by atoms with van der Waals surface area (Å²) in [7, 11) is 4.56. The maximum absolute atomic E-state index is 3.62. The molecule has 0 aromatic rings. The van der Waals surface area contributed by atoms with E-state index in [1.54, 1.807) is 0 Å². The molecule has 2 atom stereocenters. The molecule has 0 saturated carbocycles.